The summed E-state index contributed by atoms with van der Waals surface area (Å²) in [6, 6.07) is 0. The van der Waals surface area contributed by atoms with Crippen molar-refractivity contribution in [1.29, 1.82) is 0 Å². The zero-order chi connectivity index (χ0) is 9.83. The summed E-state index contributed by atoms with van der Waals surface area (Å²) in [4.78, 5) is 0. The van der Waals surface area contributed by atoms with Crippen LogP contribution in [0.4, 0.5) is 0 Å². The van der Waals surface area contributed by atoms with E-state index in [4.69, 9.17) is 4.74 Å². The van der Waals surface area contributed by atoms with Gasteiger partial charge in [-0.25, -0.2) is 8.42 Å². The number of hydrogen-bond acceptors (Lipinski definition) is 3. The Morgan fingerprint density at radius 3 is 2.08 bits per heavy atom. The quantitative estimate of drug-likeness (QED) is 0.673. The van der Waals surface area contributed by atoms with E-state index in [1.54, 1.807) is 0 Å². The van der Waals surface area contributed by atoms with Gasteiger partial charge in [0.2, 0.25) is 0 Å². The standard InChI is InChI=1S/C8H18O3S/c1-8(2,3)7-12(9,10)6-5-11-4/h5-7H2,1-4H3. The third kappa shape index (κ3) is 6.61. The van der Waals surface area contributed by atoms with Crippen molar-refractivity contribution in [1.82, 2.24) is 0 Å². The zero-order valence-corrected chi connectivity index (χ0v) is 9.07. The van der Waals surface area contributed by atoms with Gasteiger partial charge >= 0.3 is 0 Å². The van der Waals surface area contributed by atoms with Crippen LogP contribution >= 0.6 is 0 Å². The molecule has 12 heavy (non-hydrogen) atoms. The maximum absolute atomic E-state index is 11.3. The summed E-state index contributed by atoms with van der Waals surface area (Å²) in [5.41, 5.74) is -0.160. The molecule has 0 spiro atoms. The van der Waals surface area contributed by atoms with E-state index >= 15 is 0 Å². The summed E-state index contributed by atoms with van der Waals surface area (Å²) in [5.74, 6) is 0.351. The van der Waals surface area contributed by atoms with Crippen molar-refractivity contribution in [2.75, 3.05) is 25.2 Å². The van der Waals surface area contributed by atoms with Crippen LogP contribution in [0.25, 0.3) is 0 Å². The second-order valence-electron chi connectivity index (χ2n) is 4.15. The monoisotopic (exact) mass is 194 g/mol. The van der Waals surface area contributed by atoms with Gasteiger partial charge in [-0.2, -0.15) is 0 Å². The van der Waals surface area contributed by atoms with Crippen molar-refractivity contribution in [3.8, 4) is 0 Å². The molecule has 0 aromatic rings. The molecule has 74 valence electrons. The summed E-state index contributed by atoms with van der Waals surface area (Å²) in [5, 5.41) is 0. The van der Waals surface area contributed by atoms with Crippen LogP contribution in [0.5, 0.6) is 0 Å². The van der Waals surface area contributed by atoms with Gasteiger partial charge in [0.1, 0.15) is 0 Å². The Morgan fingerprint density at radius 2 is 1.75 bits per heavy atom. The highest BCUT2D eigenvalue weighted by molar-refractivity contribution is 7.91. The first kappa shape index (κ1) is 11.9. The predicted octanol–water partition coefficient (Wildman–Crippen LogP) is 1.09. The molecule has 0 unspecified atom stereocenters. The minimum Gasteiger partial charge on any atom is -0.384 e. The van der Waals surface area contributed by atoms with Gasteiger partial charge in [0.25, 0.3) is 0 Å². The average Bonchev–Trinajstić information content (AvgIpc) is 1.78. The van der Waals surface area contributed by atoms with E-state index in [-0.39, 0.29) is 16.9 Å². The first-order valence-electron chi connectivity index (χ1n) is 3.96. The Morgan fingerprint density at radius 1 is 1.25 bits per heavy atom. The van der Waals surface area contributed by atoms with Crippen LogP contribution < -0.4 is 0 Å². The van der Waals surface area contributed by atoms with Crippen LogP contribution in [0, 0.1) is 5.41 Å². The van der Waals surface area contributed by atoms with Crippen molar-refractivity contribution in [3.05, 3.63) is 0 Å². The van der Waals surface area contributed by atoms with Crippen molar-refractivity contribution in [3.63, 3.8) is 0 Å². The Hall–Kier alpha value is -0.0900. The Kier molecular flexibility index (Phi) is 4.20. The fourth-order valence-corrected chi connectivity index (χ4v) is 2.83. The van der Waals surface area contributed by atoms with Gasteiger partial charge < -0.3 is 4.74 Å². The Balaban J connectivity index is 4.06. The van der Waals surface area contributed by atoms with Gasteiger partial charge in [0.15, 0.2) is 9.84 Å². The topological polar surface area (TPSA) is 43.4 Å². The van der Waals surface area contributed by atoms with Crippen molar-refractivity contribution >= 4 is 9.84 Å². The molecule has 0 bridgehead atoms. The highest BCUT2D eigenvalue weighted by Gasteiger charge is 2.20. The van der Waals surface area contributed by atoms with Gasteiger partial charge in [0.05, 0.1) is 18.1 Å². The smallest absolute Gasteiger partial charge is 0.153 e. The predicted molar refractivity (Wildman–Crippen MR) is 50.0 cm³/mol. The fraction of sp³-hybridized carbons (Fsp3) is 1.00. The van der Waals surface area contributed by atoms with Gasteiger partial charge in [-0.1, -0.05) is 20.8 Å². The molecule has 0 saturated heterocycles. The highest BCUT2D eigenvalue weighted by Crippen LogP contribution is 2.16. The van der Waals surface area contributed by atoms with Crippen molar-refractivity contribution < 1.29 is 13.2 Å². The van der Waals surface area contributed by atoms with Crippen LogP contribution in [0.1, 0.15) is 20.8 Å². The van der Waals surface area contributed by atoms with Gasteiger partial charge in [0, 0.05) is 7.11 Å². The lowest BCUT2D eigenvalue weighted by molar-refractivity contribution is 0.217. The SMILES string of the molecule is COCCS(=O)(=O)CC(C)(C)C. The van der Waals surface area contributed by atoms with Crippen LogP contribution in [0.15, 0.2) is 0 Å². The molecule has 0 atom stereocenters. The van der Waals surface area contributed by atoms with E-state index in [2.05, 4.69) is 0 Å². The van der Waals surface area contributed by atoms with E-state index in [1.165, 1.54) is 7.11 Å². The normalized spacial score (nSPS) is 13.3. The molecule has 4 heteroatoms. The van der Waals surface area contributed by atoms with Crippen LogP contribution in [0.2, 0.25) is 0 Å². The van der Waals surface area contributed by atoms with E-state index in [0.29, 0.717) is 6.61 Å². The summed E-state index contributed by atoms with van der Waals surface area (Å²) < 4.78 is 27.4. The summed E-state index contributed by atoms with van der Waals surface area (Å²) in [6.45, 7) is 6.03. The molecule has 0 heterocycles. The summed E-state index contributed by atoms with van der Waals surface area (Å²) in [7, 11) is -1.42. The molecule has 0 radical (unpaired) electrons. The third-order valence-electron chi connectivity index (χ3n) is 1.25. The molecular weight excluding hydrogens is 176 g/mol. The molecule has 0 aromatic carbocycles. The van der Waals surface area contributed by atoms with Gasteiger partial charge in [-0.05, 0) is 5.41 Å². The molecule has 0 aliphatic carbocycles. The van der Waals surface area contributed by atoms with E-state index in [0.717, 1.165) is 0 Å². The van der Waals surface area contributed by atoms with Crippen LogP contribution in [-0.2, 0) is 14.6 Å². The molecule has 0 aliphatic rings. The molecule has 3 nitrogen and oxygen atoms in total. The largest absolute Gasteiger partial charge is 0.384 e. The molecule has 0 amide bonds. The molecule has 0 aliphatic heterocycles. The fourth-order valence-electron chi connectivity index (χ4n) is 0.942. The maximum Gasteiger partial charge on any atom is 0.153 e. The second-order valence-corrected chi connectivity index (χ2v) is 6.33. The minimum absolute atomic E-state index is 0.126. The summed E-state index contributed by atoms with van der Waals surface area (Å²) >= 11 is 0. The van der Waals surface area contributed by atoms with E-state index in [1.807, 2.05) is 20.8 Å². The van der Waals surface area contributed by atoms with Gasteiger partial charge in [-0.3, -0.25) is 0 Å². The molecule has 0 rings (SSSR count). The zero-order valence-electron chi connectivity index (χ0n) is 8.25. The Bertz CT molecular complexity index is 211. The third-order valence-corrected chi connectivity index (χ3v) is 3.35. The molecule has 0 N–H and O–H groups in total. The highest BCUT2D eigenvalue weighted by atomic mass is 32.2. The molecule has 0 saturated carbocycles. The number of sulfone groups is 1. The van der Waals surface area contributed by atoms with Gasteiger partial charge in [-0.15, -0.1) is 0 Å². The number of ether oxygens (including phenoxy) is 1. The minimum atomic E-state index is -2.93. The molecule has 0 fully saturated rings. The van der Waals surface area contributed by atoms with Crippen LogP contribution in [0.3, 0.4) is 0 Å². The number of hydrogen-bond donors (Lipinski definition) is 0. The molecule has 0 aromatic heterocycles. The second kappa shape index (κ2) is 4.23. The Labute approximate surface area is 75.0 Å². The first-order valence-corrected chi connectivity index (χ1v) is 5.78. The summed E-state index contributed by atoms with van der Waals surface area (Å²) in [6.07, 6.45) is 0. The lowest BCUT2D eigenvalue weighted by Gasteiger charge is -2.17. The lowest BCUT2D eigenvalue weighted by atomic mass is 10.0. The first-order chi connectivity index (χ1) is 5.27. The van der Waals surface area contributed by atoms with Crippen LogP contribution in [-0.4, -0.2) is 33.6 Å². The lowest BCUT2D eigenvalue weighted by Crippen LogP contribution is -2.24. The van der Waals surface area contributed by atoms with E-state index in [9.17, 15) is 8.42 Å². The molecular formula is C8H18O3S. The number of methoxy groups -OCH3 is 1. The number of rotatable bonds is 4. The van der Waals surface area contributed by atoms with Crippen molar-refractivity contribution in [2.45, 2.75) is 20.8 Å². The maximum atomic E-state index is 11.3. The van der Waals surface area contributed by atoms with E-state index < -0.39 is 9.84 Å². The van der Waals surface area contributed by atoms with Crippen molar-refractivity contribution in [2.24, 2.45) is 5.41 Å². The average molecular weight is 194 g/mol.